The van der Waals surface area contributed by atoms with Crippen LogP contribution in [0.15, 0.2) is 36.5 Å². The maximum atomic E-state index is 13.5. The molecule has 10 nitrogen and oxygen atoms in total. The zero-order chi connectivity index (χ0) is 28.8. The first kappa shape index (κ1) is 28.4. The number of fused-ring (bicyclic) bond motifs is 1. The molecular formula is C30H37FN6O4. The summed E-state index contributed by atoms with van der Waals surface area (Å²) in [6.45, 7) is 6.19. The van der Waals surface area contributed by atoms with Gasteiger partial charge in [0.05, 0.1) is 23.8 Å². The van der Waals surface area contributed by atoms with Crippen molar-refractivity contribution in [1.29, 1.82) is 0 Å². The first-order valence-electron chi connectivity index (χ1n) is 14.1. The van der Waals surface area contributed by atoms with Crippen molar-refractivity contribution in [3.8, 4) is 5.88 Å². The molecule has 1 aliphatic heterocycles. The fraction of sp³-hybridized carbons (Fsp3) is 0.467. The number of nitrogens with zero attached hydrogens (tertiary/aromatic N) is 6. The number of carbonyl (C=O) groups is 1. The Morgan fingerprint density at radius 3 is 2.59 bits per heavy atom. The van der Waals surface area contributed by atoms with E-state index < -0.39 is 6.16 Å². The van der Waals surface area contributed by atoms with Gasteiger partial charge in [0, 0.05) is 38.4 Å². The van der Waals surface area contributed by atoms with Crippen LogP contribution in [0.3, 0.4) is 0 Å². The number of benzene rings is 1. The van der Waals surface area contributed by atoms with E-state index in [2.05, 4.69) is 36.5 Å². The van der Waals surface area contributed by atoms with Crippen molar-refractivity contribution in [3.05, 3.63) is 58.6 Å². The predicted octanol–water partition coefficient (Wildman–Crippen LogP) is 3.47. The van der Waals surface area contributed by atoms with Crippen LogP contribution in [-0.2, 0) is 16.0 Å². The van der Waals surface area contributed by atoms with Crippen LogP contribution >= 0.6 is 0 Å². The number of hydrogen-bond donors (Lipinski definition) is 0. The second kappa shape index (κ2) is 13.0. The van der Waals surface area contributed by atoms with E-state index in [0.29, 0.717) is 18.4 Å². The fourth-order valence-corrected chi connectivity index (χ4v) is 5.06. The van der Waals surface area contributed by atoms with Crippen molar-refractivity contribution < 1.29 is 23.4 Å². The molecule has 0 radical (unpaired) electrons. The largest absolute Gasteiger partial charge is 0.511 e. The molecule has 3 aromatic rings. The minimum absolute atomic E-state index is 0.223. The van der Waals surface area contributed by atoms with E-state index in [4.69, 9.17) is 19.2 Å². The van der Waals surface area contributed by atoms with Crippen LogP contribution < -0.4 is 25.2 Å². The van der Waals surface area contributed by atoms with Crippen molar-refractivity contribution in [2.24, 2.45) is 5.92 Å². The third kappa shape index (κ3) is 7.14. The summed E-state index contributed by atoms with van der Waals surface area (Å²) in [7, 11) is 1.98. The van der Waals surface area contributed by atoms with Crippen molar-refractivity contribution >= 4 is 30.2 Å². The number of anilines is 2. The van der Waals surface area contributed by atoms with Gasteiger partial charge in [-0.15, -0.1) is 0 Å². The second-order valence-electron chi connectivity index (χ2n) is 10.8. The summed E-state index contributed by atoms with van der Waals surface area (Å²) in [5.41, 5.74) is 1.04. The van der Waals surface area contributed by atoms with Gasteiger partial charge in [-0.3, -0.25) is 0 Å². The lowest BCUT2D eigenvalue weighted by atomic mass is 10.0. The molecule has 0 saturated carbocycles. The average Bonchev–Trinajstić information content (AvgIpc) is 3.35. The molecule has 218 valence electrons. The van der Waals surface area contributed by atoms with Gasteiger partial charge in [0.15, 0.2) is 0 Å². The Morgan fingerprint density at radius 1 is 1.07 bits per heavy atom. The first-order valence-corrected chi connectivity index (χ1v) is 14.1. The third-order valence-corrected chi connectivity index (χ3v) is 7.26. The first-order chi connectivity index (χ1) is 19.9. The highest BCUT2D eigenvalue weighted by atomic mass is 19.1. The third-order valence-electron chi connectivity index (χ3n) is 7.26. The van der Waals surface area contributed by atoms with Gasteiger partial charge in [-0.25, -0.2) is 19.2 Å². The summed E-state index contributed by atoms with van der Waals surface area (Å²) in [5.74, 6) is 1.80. The maximum Gasteiger partial charge on any atom is 0.511 e. The van der Waals surface area contributed by atoms with E-state index >= 15 is 0 Å². The van der Waals surface area contributed by atoms with Gasteiger partial charge < -0.3 is 28.6 Å². The van der Waals surface area contributed by atoms with Crippen LogP contribution in [0, 0.1) is 11.7 Å². The van der Waals surface area contributed by atoms with Crippen LogP contribution in [0.1, 0.15) is 45.1 Å². The summed E-state index contributed by atoms with van der Waals surface area (Å²) >= 11 is 0. The quantitative estimate of drug-likeness (QED) is 0.271. The zero-order valence-electron chi connectivity index (χ0n) is 23.8. The van der Waals surface area contributed by atoms with Gasteiger partial charge >= 0.3 is 6.16 Å². The molecule has 1 aromatic carbocycles. The highest BCUT2D eigenvalue weighted by Crippen LogP contribution is 2.24. The molecular weight excluding hydrogens is 527 g/mol. The number of rotatable bonds is 10. The Hall–Kier alpha value is -4.15. The standard InChI is InChI=1S/C30H37FN6O4/c1-21(2)19-39-30(38)41-20-40-27-12-15-32-28(34-27)35(3)24-13-16-36(17-14-24)29-33-25-6-4-5-7-26(25)37(29)18-22-8-10-23(31)11-9-22/h6-12,15,21,24H,4-5,13-14,16-20H2,1-3H3. The molecule has 2 aromatic heterocycles. The molecule has 0 atom stereocenters. The van der Waals surface area contributed by atoms with Crippen molar-refractivity contribution in [3.63, 3.8) is 0 Å². The predicted molar refractivity (Wildman–Crippen MR) is 154 cm³/mol. The summed E-state index contributed by atoms with van der Waals surface area (Å²) in [6.07, 6.45) is 9.09. The van der Waals surface area contributed by atoms with Gasteiger partial charge in [-0.05, 0) is 49.3 Å². The van der Waals surface area contributed by atoms with E-state index in [1.54, 1.807) is 12.3 Å². The summed E-state index contributed by atoms with van der Waals surface area (Å²) in [4.78, 5) is 30.0. The van der Waals surface area contributed by atoms with Crippen LogP contribution in [0.4, 0.5) is 21.1 Å². The van der Waals surface area contributed by atoms with Crippen molar-refractivity contribution in [1.82, 2.24) is 19.5 Å². The Labute approximate surface area is 239 Å². The number of ether oxygens (including phenoxy) is 3. The average molecular weight is 565 g/mol. The van der Waals surface area contributed by atoms with Crippen LogP contribution in [0.25, 0.3) is 12.2 Å². The fourth-order valence-electron chi connectivity index (χ4n) is 5.06. The lowest BCUT2D eigenvalue weighted by Crippen LogP contribution is -2.45. The Kier molecular flexibility index (Phi) is 9.01. The summed E-state index contributed by atoms with van der Waals surface area (Å²) in [5, 5.41) is 2.16. The summed E-state index contributed by atoms with van der Waals surface area (Å²) < 4.78 is 31.2. The second-order valence-corrected chi connectivity index (χ2v) is 10.8. The molecule has 1 aliphatic carbocycles. The number of imidazole rings is 1. The molecule has 3 heterocycles. The molecule has 0 spiro atoms. The maximum absolute atomic E-state index is 13.5. The van der Waals surface area contributed by atoms with Crippen LogP contribution in [0.2, 0.25) is 0 Å². The molecule has 1 saturated heterocycles. The lowest BCUT2D eigenvalue weighted by Gasteiger charge is -2.37. The monoisotopic (exact) mass is 564 g/mol. The van der Waals surface area contributed by atoms with Gasteiger partial charge in [0.2, 0.25) is 24.6 Å². The number of hydrogen-bond acceptors (Lipinski definition) is 9. The highest BCUT2D eigenvalue weighted by molar-refractivity contribution is 5.59. The number of halogens is 1. The van der Waals surface area contributed by atoms with Crippen LogP contribution in [0.5, 0.6) is 5.88 Å². The summed E-state index contributed by atoms with van der Waals surface area (Å²) in [6, 6.07) is 8.54. The molecule has 5 rings (SSSR count). The SMILES string of the molecule is CC(C)COC(=O)OCOc1ccnc(N(C)C2CCN(c3nc4c(n3Cc3ccc(F)cc3)=CCCC=4)CC2)n1. The molecule has 0 amide bonds. The van der Waals surface area contributed by atoms with Crippen LogP contribution in [-0.4, -0.2) is 65.3 Å². The minimum Gasteiger partial charge on any atom is -0.440 e. The number of carbonyl (C=O) groups excluding carboxylic acids is 1. The number of aromatic nitrogens is 4. The van der Waals surface area contributed by atoms with Crippen molar-refractivity contribution in [2.45, 2.75) is 52.1 Å². The van der Waals surface area contributed by atoms with Gasteiger partial charge in [0.1, 0.15) is 5.82 Å². The van der Waals surface area contributed by atoms with E-state index in [1.165, 1.54) is 12.1 Å². The van der Waals surface area contributed by atoms with E-state index in [9.17, 15) is 9.18 Å². The lowest BCUT2D eigenvalue weighted by molar-refractivity contribution is -0.00111. The van der Waals surface area contributed by atoms with Gasteiger partial charge in [0.25, 0.3) is 0 Å². The number of piperidine rings is 1. The normalized spacial score (nSPS) is 15.1. The Balaban J connectivity index is 1.21. The minimum atomic E-state index is -0.771. The molecule has 1 fully saturated rings. The highest BCUT2D eigenvalue weighted by Gasteiger charge is 2.27. The molecule has 0 unspecified atom stereocenters. The smallest absolute Gasteiger partial charge is 0.440 e. The van der Waals surface area contributed by atoms with Crippen molar-refractivity contribution in [2.75, 3.05) is 43.3 Å². The van der Waals surface area contributed by atoms with Gasteiger partial charge in [-0.2, -0.15) is 4.98 Å². The molecule has 2 aliphatic rings. The topological polar surface area (TPSA) is 94.8 Å². The molecule has 41 heavy (non-hydrogen) atoms. The van der Waals surface area contributed by atoms with E-state index in [0.717, 1.165) is 61.0 Å². The molecule has 0 bridgehead atoms. The van der Waals surface area contributed by atoms with E-state index in [1.807, 2.05) is 33.0 Å². The Morgan fingerprint density at radius 2 is 1.83 bits per heavy atom. The Bertz CT molecular complexity index is 1450. The zero-order valence-corrected chi connectivity index (χ0v) is 23.8. The molecule has 11 heteroatoms. The van der Waals surface area contributed by atoms with E-state index in [-0.39, 0.29) is 31.2 Å². The van der Waals surface area contributed by atoms with Gasteiger partial charge in [-0.1, -0.05) is 38.1 Å². The molecule has 0 N–H and O–H groups in total.